The lowest BCUT2D eigenvalue weighted by molar-refractivity contribution is -0.148. The summed E-state index contributed by atoms with van der Waals surface area (Å²) < 4.78 is 43.4. The summed E-state index contributed by atoms with van der Waals surface area (Å²) in [6, 6.07) is 5.50. The van der Waals surface area contributed by atoms with Gasteiger partial charge in [-0.15, -0.1) is 0 Å². The van der Waals surface area contributed by atoms with E-state index in [0.717, 1.165) is 4.57 Å². The highest BCUT2D eigenvalue weighted by atomic mass is 19.4. The molecule has 3 N–H and O–H groups in total. The van der Waals surface area contributed by atoms with Crippen LogP contribution in [-0.2, 0) is 17.5 Å². The molecule has 13 heteroatoms. The Labute approximate surface area is 190 Å². The second kappa shape index (κ2) is 7.65. The van der Waals surface area contributed by atoms with Crippen molar-refractivity contribution >= 4 is 33.9 Å². The van der Waals surface area contributed by atoms with E-state index in [1.54, 1.807) is 23.6 Å². The number of alkyl halides is 3. The SMILES string of the molecule is C[C@@]1(O)CCN(C(=O)Cn2c(C(F)(F)F)nc3ccccc32)C[C@H]1n1cnc2c(N)ncnc21. The number of hydrogen-bond acceptors (Lipinski definition) is 7. The number of piperidine rings is 1. The molecule has 4 heterocycles. The number of aromatic nitrogens is 6. The molecule has 1 amide bonds. The maximum Gasteiger partial charge on any atom is 0.449 e. The molecule has 0 radical (unpaired) electrons. The van der Waals surface area contributed by atoms with Crippen LogP contribution in [0.5, 0.6) is 0 Å². The van der Waals surface area contributed by atoms with E-state index in [9.17, 15) is 23.1 Å². The number of imidazole rings is 2. The predicted octanol–water partition coefficient (Wildman–Crippen LogP) is 2.00. The molecule has 2 atom stereocenters. The molecule has 0 aliphatic carbocycles. The monoisotopic (exact) mass is 474 g/mol. The topological polar surface area (TPSA) is 128 Å². The van der Waals surface area contributed by atoms with E-state index in [2.05, 4.69) is 19.9 Å². The largest absolute Gasteiger partial charge is 0.449 e. The number of nitrogens with zero attached hydrogens (tertiary/aromatic N) is 7. The molecular formula is C21H21F3N8O2. The van der Waals surface area contributed by atoms with Crippen molar-refractivity contribution in [3.8, 4) is 0 Å². The summed E-state index contributed by atoms with van der Waals surface area (Å²) >= 11 is 0. The van der Waals surface area contributed by atoms with Crippen molar-refractivity contribution < 1.29 is 23.1 Å². The summed E-state index contributed by atoms with van der Waals surface area (Å²) in [4.78, 5) is 30.7. The van der Waals surface area contributed by atoms with Gasteiger partial charge in [0.2, 0.25) is 11.7 Å². The molecule has 1 aliphatic rings. The summed E-state index contributed by atoms with van der Waals surface area (Å²) in [7, 11) is 0. The highest BCUT2D eigenvalue weighted by Gasteiger charge is 2.42. The van der Waals surface area contributed by atoms with Crippen LogP contribution in [0.25, 0.3) is 22.2 Å². The Balaban J connectivity index is 1.46. The summed E-state index contributed by atoms with van der Waals surface area (Å²) in [6.45, 7) is 1.33. The number of aliphatic hydroxyl groups is 1. The van der Waals surface area contributed by atoms with Gasteiger partial charge in [0.15, 0.2) is 11.5 Å². The van der Waals surface area contributed by atoms with Crippen LogP contribution in [0.1, 0.15) is 25.2 Å². The van der Waals surface area contributed by atoms with E-state index >= 15 is 0 Å². The number of para-hydroxylation sites is 2. The Morgan fingerprint density at radius 1 is 1.26 bits per heavy atom. The number of likely N-dealkylation sites (tertiary alicyclic amines) is 1. The molecule has 0 saturated carbocycles. The highest BCUT2D eigenvalue weighted by molar-refractivity contribution is 5.82. The molecule has 0 bridgehead atoms. The van der Waals surface area contributed by atoms with Gasteiger partial charge in [-0.3, -0.25) is 4.79 Å². The number of rotatable bonds is 3. The van der Waals surface area contributed by atoms with Gasteiger partial charge >= 0.3 is 6.18 Å². The fraction of sp³-hybridized carbons (Fsp3) is 0.381. The predicted molar refractivity (Wildman–Crippen MR) is 115 cm³/mol. The summed E-state index contributed by atoms with van der Waals surface area (Å²) in [5.74, 6) is -1.47. The summed E-state index contributed by atoms with van der Waals surface area (Å²) in [5, 5.41) is 11.1. The fourth-order valence-corrected chi connectivity index (χ4v) is 4.42. The number of nitrogen functional groups attached to an aromatic ring is 1. The van der Waals surface area contributed by atoms with Crippen molar-refractivity contribution in [1.82, 2.24) is 34.0 Å². The van der Waals surface area contributed by atoms with Crippen LogP contribution in [0.4, 0.5) is 19.0 Å². The van der Waals surface area contributed by atoms with Crippen LogP contribution in [-0.4, -0.2) is 63.7 Å². The third-order valence-electron chi connectivity index (χ3n) is 6.28. The van der Waals surface area contributed by atoms with E-state index in [-0.39, 0.29) is 36.4 Å². The number of nitrogens with two attached hydrogens (primary N) is 1. The quantitative estimate of drug-likeness (QED) is 0.465. The molecule has 178 valence electrons. The van der Waals surface area contributed by atoms with E-state index in [0.29, 0.717) is 11.2 Å². The number of benzene rings is 1. The first-order valence-electron chi connectivity index (χ1n) is 10.5. The van der Waals surface area contributed by atoms with Gasteiger partial charge in [0, 0.05) is 13.1 Å². The van der Waals surface area contributed by atoms with Gasteiger partial charge in [0.1, 0.15) is 18.4 Å². The van der Waals surface area contributed by atoms with Crippen molar-refractivity contribution in [2.24, 2.45) is 0 Å². The lowest BCUT2D eigenvalue weighted by atomic mass is 9.88. The number of amides is 1. The first-order chi connectivity index (χ1) is 16.1. The number of fused-ring (bicyclic) bond motifs is 2. The van der Waals surface area contributed by atoms with Gasteiger partial charge in [-0.05, 0) is 25.5 Å². The summed E-state index contributed by atoms with van der Waals surface area (Å²) in [5.41, 5.74) is 5.77. The van der Waals surface area contributed by atoms with Crippen LogP contribution in [0, 0.1) is 0 Å². The first-order valence-corrected chi connectivity index (χ1v) is 10.5. The molecule has 0 unspecified atom stereocenters. The fourth-order valence-electron chi connectivity index (χ4n) is 4.42. The number of anilines is 1. The maximum absolute atomic E-state index is 13.6. The van der Waals surface area contributed by atoms with Crippen LogP contribution in [0.2, 0.25) is 0 Å². The summed E-state index contributed by atoms with van der Waals surface area (Å²) in [6.07, 6.45) is -1.77. The Bertz CT molecular complexity index is 1390. The zero-order chi connectivity index (χ0) is 24.3. The minimum Gasteiger partial charge on any atom is -0.388 e. The molecule has 1 fully saturated rings. The zero-order valence-electron chi connectivity index (χ0n) is 18.1. The third-order valence-corrected chi connectivity index (χ3v) is 6.28. The van der Waals surface area contributed by atoms with Crippen molar-refractivity contribution in [1.29, 1.82) is 0 Å². The molecule has 4 aromatic rings. The average Bonchev–Trinajstić information content (AvgIpc) is 3.36. The van der Waals surface area contributed by atoms with Crippen LogP contribution in [0.3, 0.4) is 0 Å². The Morgan fingerprint density at radius 2 is 2.03 bits per heavy atom. The van der Waals surface area contributed by atoms with Crippen molar-refractivity contribution in [3.63, 3.8) is 0 Å². The number of halogens is 3. The number of carbonyl (C=O) groups is 1. The second-order valence-electron chi connectivity index (χ2n) is 8.55. The van der Waals surface area contributed by atoms with E-state index in [4.69, 9.17) is 5.73 Å². The van der Waals surface area contributed by atoms with Gasteiger partial charge in [0.25, 0.3) is 0 Å². The Kier molecular flexibility index (Phi) is 4.97. The minimum atomic E-state index is -4.72. The van der Waals surface area contributed by atoms with E-state index < -0.39 is 36.1 Å². The van der Waals surface area contributed by atoms with Crippen LogP contribution < -0.4 is 5.73 Å². The first kappa shape index (κ1) is 22.1. The minimum absolute atomic E-state index is 0.0508. The van der Waals surface area contributed by atoms with Crippen LogP contribution >= 0.6 is 0 Å². The second-order valence-corrected chi connectivity index (χ2v) is 8.55. The number of carbonyl (C=O) groups excluding carboxylic acids is 1. The van der Waals surface area contributed by atoms with Crippen molar-refractivity contribution in [3.05, 3.63) is 42.7 Å². The molecule has 10 nitrogen and oxygen atoms in total. The van der Waals surface area contributed by atoms with Gasteiger partial charge in [0.05, 0.1) is 29.0 Å². The molecule has 1 aliphatic heterocycles. The van der Waals surface area contributed by atoms with Gasteiger partial charge < -0.3 is 24.9 Å². The molecule has 5 rings (SSSR count). The molecule has 1 saturated heterocycles. The van der Waals surface area contributed by atoms with E-state index in [1.807, 2.05) is 0 Å². The lowest BCUT2D eigenvalue weighted by Crippen LogP contribution is -2.53. The normalized spacial score (nSPS) is 21.4. The van der Waals surface area contributed by atoms with Crippen molar-refractivity contribution in [2.45, 2.75) is 37.7 Å². The van der Waals surface area contributed by atoms with Gasteiger partial charge in [-0.1, -0.05) is 12.1 Å². The van der Waals surface area contributed by atoms with Crippen LogP contribution in [0.15, 0.2) is 36.9 Å². The maximum atomic E-state index is 13.6. The van der Waals surface area contributed by atoms with Gasteiger partial charge in [-0.2, -0.15) is 13.2 Å². The highest BCUT2D eigenvalue weighted by Crippen LogP contribution is 2.35. The molecule has 34 heavy (non-hydrogen) atoms. The molecule has 0 spiro atoms. The Morgan fingerprint density at radius 3 is 2.79 bits per heavy atom. The zero-order valence-corrected chi connectivity index (χ0v) is 18.1. The Hall–Kier alpha value is -3.74. The molecule has 3 aromatic heterocycles. The van der Waals surface area contributed by atoms with Crippen molar-refractivity contribution in [2.75, 3.05) is 18.8 Å². The van der Waals surface area contributed by atoms with Gasteiger partial charge in [-0.25, -0.2) is 19.9 Å². The lowest BCUT2D eigenvalue weighted by Gasteiger charge is -2.43. The average molecular weight is 474 g/mol. The van der Waals surface area contributed by atoms with E-state index in [1.165, 1.54) is 29.7 Å². The standard InChI is InChI=1S/C21H21F3N8O2/c1-20(34)6-7-30(8-14(20)32-11-28-16-17(25)26-10-27-18(16)32)15(33)9-31-13-5-3-2-4-12(13)29-19(31)21(22,23)24/h2-5,10-11,14,34H,6-9H2,1H3,(H2,25,26,27)/t14-,20-/m1/s1. The third kappa shape index (κ3) is 3.61. The smallest absolute Gasteiger partial charge is 0.388 e. The molecular weight excluding hydrogens is 453 g/mol. The number of hydrogen-bond donors (Lipinski definition) is 2. The molecule has 1 aromatic carbocycles.